The smallest absolute Gasteiger partial charge is 0.136 e. The molecule has 3 heterocycles. The number of benzene rings is 8. The summed E-state index contributed by atoms with van der Waals surface area (Å²) in [6.45, 7) is 0. The lowest BCUT2D eigenvalue weighted by Gasteiger charge is -2.26. The van der Waals surface area contributed by atoms with Gasteiger partial charge in [-0.05, 0) is 112 Å². The summed E-state index contributed by atoms with van der Waals surface area (Å²) in [5, 5.41) is 10.2. The van der Waals surface area contributed by atoms with E-state index < -0.39 is 0 Å². The van der Waals surface area contributed by atoms with Gasteiger partial charge < -0.3 is 13.7 Å². The second-order valence-electron chi connectivity index (χ2n) is 13.3. The van der Waals surface area contributed by atoms with E-state index in [0.717, 1.165) is 105 Å². The van der Waals surface area contributed by atoms with Crippen molar-refractivity contribution in [3.8, 4) is 11.1 Å². The van der Waals surface area contributed by atoms with Gasteiger partial charge in [-0.25, -0.2) is 0 Å². The Balaban J connectivity index is 1.08. The molecule has 0 radical (unpaired) electrons. The van der Waals surface area contributed by atoms with Crippen molar-refractivity contribution >= 4 is 93.4 Å². The second-order valence-corrected chi connectivity index (χ2v) is 13.3. The zero-order chi connectivity index (χ0) is 33.5. The van der Waals surface area contributed by atoms with Crippen molar-refractivity contribution in [3.05, 3.63) is 170 Å². The van der Waals surface area contributed by atoms with Crippen LogP contribution in [0.1, 0.15) is 0 Å². The molecular formula is C47H28N2O2. The molecule has 11 rings (SSSR count). The number of pyridine rings is 1. The first kappa shape index (κ1) is 28.0. The van der Waals surface area contributed by atoms with E-state index in [1.165, 1.54) is 0 Å². The van der Waals surface area contributed by atoms with Gasteiger partial charge in [0.05, 0.1) is 5.52 Å². The molecule has 51 heavy (non-hydrogen) atoms. The van der Waals surface area contributed by atoms with E-state index in [9.17, 15) is 0 Å². The Bertz CT molecular complexity index is 3000. The van der Waals surface area contributed by atoms with Gasteiger partial charge in [0, 0.05) is 55.8 Å². The van der Waals surface area contributed by atoms with Crippen LogP contribution in [0.2, 0.25) is 0 Å². The summed E-state index contributed by atoms with van der Waals surface area (Å²) in [4.78, 5) is 7.06. The van der Waals surface area contributed by atoms with Gasteiger partial charge in [0.25, 0.3) is 0 Å². The fourth-order valence-corrected chi connectivity index (χ4v) is 7.67. The van der Waals surface area contributed by atoms with E-state index >= 15 is 0 Å². The lowest BCUT2D eigenvalue weighted by atomic mass is 10.0. The zero-order valence-corrected chi connectivity index (χ0v) is 27.4. The number of anilines is 3. The molecule has 0 bridgehead atoms. The molecule has 11 aromatic rings. The molecule has 8 aromatic carbocycles. The predicted octanol–water partition coefficient (Wildman–Crippen LogP) is 13.5. The number of aromatic nitrogens is 1. The second kappa shape index (κ2) is 10.8. The molecule has 4 heteroatoms. The highest BCUT2D eigenvalue weighted by molar-refractivity contribution is 6.12. The molecule has 0 fully saturated rings. The zero-order valence-electron chi connectivity index (χ0n) is 27.4. The average molecular weight is 653 g/mol. The van der Waals surface area contributed by atoms with Gasteiger partial charge in [0.15, 0.2) is 0 Å². The molecule has 0 N–H and O–H groups in total. The van der Waals surface area contributed by atoms with Crippen molar-refractivity contribution in [1.82, 2.24) is 4.98 Å². The highest BCUT2D eigenvalue weighted by Gasteiger charge is 2.17. The van der Waals surface area contributed by atoms with E-state index in [2.05, 4.69) is 132 Å². The first-order valence-electron chi connectivity index (χ1n) is 17.2. The van der Waals surface area contributed by atoms with Gasteiger partial charge in [-0.15, -0.1) is 0 Å². The van der Waals surface area contributed by atoms with E-state index in [4.69, 9.17) is 13.8 Å². The van der Waals surface area contributed by atoms with Crippen molar-refractivity contribution in [1.29, 1.82) is 0 Å². The van der Waals surface area contributed by atoms with Gasteiger partial charge in [-0.2, -0.15) is 0 Å². The molecule has 0 aliphatic heterocycles. The van der Waals surface area contributed by atoms with Crippen LogP contribution in [0.4, 0.5) is 17.1 Å². The Kier molecular flexibility index (Phi) is 5.92. The van der Waals surface area contributed by atoms with Gasteiger partial charge in [-0.3, -0.25) is 4.98 Å². The fraction of sp³-hybridized carbons (Fsp3) is 0. The Labute approximate surface area is 292 Å². The number of furan rings is 2. The number of rotatable bonds is 4. The number of hydrogen-bond acceptors (Lipinski definition) is 4. The standard InChI is InChI=1S/C47H28N2O2/c1-4-10-43-32(7-1)21-35(28-48-43)29-13-17-36(18-14-29)49(37-19-15-30-26-46-41(24-33(30)22-37)39-8-2-5-11-44(39)50-46)38-20-16-31-27-47-42(25-34(31)23-38)40-9-3-6-12-45(40)51-47/h1-28H. The van der Waals surface area contributed by atoms with Gasteiger partial charge in [0.1, 0.15) is 22.3 Å². The van der Waals surface area contributed by atoms with Crippen LogP contribution in [-0.4, -0.2) is 4.98 Å². The number of fused-ring (bicyclic) bond motifs is 9. The summed E-state index contributed by atoms with van der Waals surface area (Å²) >= 11 is 0. The quantitative estimate of drug-likeness (QED) is 0.190. The molecule has 3 aromatic heterocycles. The van der Waals surface area contributed by atoms with Crippen molar-refractivity contribution in [2.45, 2.75) is 0 Å². The van der Waals surface area contributed by atoms with Crippen LogP contribution in [0.5, 0.6) is 0 Å². The molecule has 0 aliphatic carbocycles. The van der Waals surface area contributed by atoms with Crippen molar-refractivity contribution in [3.63, 3.8) is 0 Å². The average Bonchev–Trinajstić information content (AvgIpc) is 3.73. The van der Waals surface area contributed by atoms with Crippen LogP contribution in [-0.2, 0) is 0 Å². The van der Waals surface area contributed by atoms with Crippen molar-refractivity contribution < 1.29 is 8.83 Å². The topological polar surface area (TPSA) is 42.4 Å². The van der Waals surface area contributed by atoms with Crippen LogP contribution in [0.3, 0.4) is 0 Å². The highest BCUT2D eigenvalue weighted by Crippen LogP contribution is 2.41. The Hall–Kier alpha value is -6.91. The number of para-hydroxylation sites is 3. The molecule has 0 saturated carbocycles. The normalized spacial score (nSPS) is 11.9. The van der Waals surface area contributed by atoms with Crippen LogP contribution >= 0.6 is 0 Å². The van der Waals surface area contributed by atoms with Crippen molar-refractivity contribution in [2.24, 2.45) is 0 Å². The molecule has 0 amide bonds. The summed E-state index contributed by atoms with van der Waals surface area (Å²) in [6, 6.07) is 58.0. The highest BCUT2D eigenvalue weighted by atomic mass is 16.3. The summed E-state index contributed by atoms with van der Waals surface area (Å²) in [6.07, 6.45) is 1.96. The summed E-state index contributed by atoms with van der Waals surface area (Å²) in [5.41, 5.74) is 10.0. The molecule has 0 saturated heterocycles. The predicted molar refractivity (Wildman–Crippen MR) is 211 cm³/mol. The van der Waals surface area contributed by atoms with E-state index in [1.807, 2.05) is 42.6 Å². The molecule has 0 spiro atoms. The Morgan fingerprint density at radius 2 is 0.902 bits per heavy atom. The maximum absolute atomic E-state index is 6.22. The number of nitrogens with zero attached hydrogens (tertiary/aromatic N) is 2. The van der Waals surface area contributed by atoms with Crippen LogP contribution in [0, 0.1) is 0 Å². The van der Waals surface area contributed by atoms with Gasteiger partial charge >= 0.3 is 0 Å². The third kappa shape index (κ3) is 4.50. The van der Waals surface area contributed by atoms with Crippen LogP contribution < -0.4 is 4.90 Å². The Morgan fingerprint density at radius 1 is 0.353 bits per heavy atom. The number of hydrogen-bond donors (Lipinski definition) is 0. The summed E-state index contributed by atoms with van der Waals surface area (Å²) in [7, 11) is 0. The summed E-state index contributed by atoms with van der Waals surface area (Å²) in [5.74, 6) is 0. The molecule has 0 atom stereocenters. The molecule has 0 aliphatic rings. The molecule has 238 valence electrons. The third-order valence-corrected chi connectivity index (χ3v) is 10.2. The van der Waals surface area contributed by atoms with E-state index in [-0.39, 0.29) is 0 Å². The maximum Gasteiger partial charge on any atom is 0.136 e. The van der Waals surface area contributed by atoms with Gasteiger partial charge in [-0.1, -0.05) is 78.9 Å². The SMILES string of the molecule is c1ccc2ncc(-c3ccc(N(c4ccc5cc6oc7ccccc7c6cc5c4)c4ccc5cc6oc7ccccc7c6cc5c4)cc3)cc2c1. The lowest BCUT2D eigenvalue weighted by molar-refractivity contribution is 0.669. The van der Waals surface area contributed by atoms with Gasteiger partial charge in [0.2, 0.25) is 0 Å². The monoisotopic (exact) mass is 652 g/mol. The lowest BCUT2D eigenvalue weighted by Crippen LogP contribution is -2.10. The minimum absolute atomic E-state index is 0.902. The fourth-order valence-electron chi connectivity index (χ4n) is 7.67. The third-order valence-electron chi connectivity index (χ3n) is 10.2. The van der Waals surface area contributed by atoms with Crippen LogP contribution in [0.25, 0.3) is 87.5 Å². The molecular weight excluding hydrogens is 625 g/mol. The van der Waals surface area contributed by atoms with E-state index in [0.29, 0.717) is 0 Å². The summed E-state index contributed by atoms with van der Waals surface area (Å²) < 4.78 is 12.4. The van der Waals surface area contributed by atoms with Crippen LogP contribution in [0.15, 0.2) is 179 Å². The minimum atomic E-state index is 0.902. The first-order chi connectivity index (χ1) is 25.2. The van der Waals surface area contributed by atoms with Crippen molar-refractivity contribution in [2.75, 3.05) is 4.90 Å². The largest absolute Gasteiger partial charge is 0.456 e. The minimum Gasteiger partial charge on any atom is -0.456 e. The Morgan fingerprint density at radius 3 is 1.53 bits per heavy atom. The maximum atomic E-state index is 6.22. The molecule has 4 nitrogen and oxygen atoms in total. The first-order valence-corrected chi connectivity index (χ1v) is 17.2. The molecule has 0 unspecified atom stereocenters. The van der Waals surface area contributed by atoms with E-state index in [1.54, 1.807) is 0 Å².